The van der Waals surface area contributed by atoms with Gasteiger partial charge in [-0.3, -0.25) is 4.79 Å². The maximum absolute atomic E-state index is 13.1. The zero-order chi connectivity index (χ0) is 16.2. The predicted molar refractivity (Wildman–Crippen MR) is 89.1 cm³/mol. The van der Waals surface area contributed by atoms with E-state index < -0.39 is 11.9 Å². The fourth-order valence-corrected chi connectivity index (χ4v) is 2.31. The van der Waals surface area contributed by atoms with Gasteiger partial charge in [-0.15, -0.1) is 0 Å². The van der Waals surface area contributed by atoms with E-state index in [1.54, 1.807) is 19.1 Å². The summed E-state index contributed by atoms with van der Waals surface area (Å²) in [6.07, 6.45) is -0.695. The highest BCUT2D eigenvalue weighted by Gasteiger charge is 2.15. The molecule has 0 saturated heterocycles. The second-order valence-corrected chi connectivity index (χ2v) is 5.27. The van der Waals surface area contributed by atoms with Gasteiger partial charge in [0.1, 0.15) is 11.6 Å². The van der Waals surface area contributed by atoms with Crippen molar-refractivity contribution in [1.82, 2.24) is 0 Å². The molecule has 23 heavy (non-hydrogen) atoms. The van der Waals surface area contributed by atoms with Crippen molar-refractivity contribution in [3.05, 3.63) is 72.5 Å². The molecule has 0 aliphatic rings. The summed E-state index contributed by atoms with van der Waals surface area (Å²) in [5, 5.41) is 4.79. The van der Waals surface area contributed by atoms with Gasteiger partial charge in [0.05, 0.1) is 0 Å². The number of halogens is 1. The molecule has 0 aromatic heterocycles. The van der Waals surface area contributed by atoms with Gasteiger partial charge < -0.3 is 10.1 Å². The Balaban J connectivity index is 1.69. The first-order chi connectivity index (χ1) is 11.1. The predicted octanol–water partition coefficient (Wildman–Crippen LogP) is 4.38. The molecular formula is C19H16FNO2. The average Bonchev–Trinajstić information content (AvgIpc) is 2.54. The van der Waals surface area contributed by atoms with Gasteiger partial charge in [-0.1, -0.05) is 36.4 Å². The average molecular weight is 309 g/mol. The fourth-order valence-electron chi connectivity index (χ4n) is 2.31. The van der Waals surface area contributed by atoms with E-state index in [2.05, 4.69) is 5.32 Å². The van der Waals surface area contributed by atoms with Crippen molar-refractivity contribution >= 4 is 22.4 Å². The van der Waals surface area contributed by atoms with Gasteiger partial charge in [0.2, 0.25) is 0 Å². The third kappa shape index (κ3) is 3.66. The third-order valence-electron chi connectivity index (χ3n) is 3.50. The van der Waals surface area contributed by atoms with Crippen LogP contribution in [0.1, 0.15) is 6.92 Å². The molecule has 0 radical (unpaired) electrons. The standard InChI is InChI=1S/C19H16FNO2/c1-13(19(22)21-17-8-4-7-16(20)12-17)23-18-10-9-14-5-2-3-6-15(14)11-18/h2-13H,1H3,(H,21,22). The summed E-state index contributed by atoms with van der Waals surface area (Å²) in [7, 11) is 0. The summed E-state index contributed by atoms with van der Waals surface area (Å²) in [6.45, 7) is 1.66. The van der Waals surface area contributed by atoms with Crippen molar-refractivity contribution < 1.29 is 13.9 Å². The number of ether oxygens (including phenoxy) is 1. The summed E-state index contributed by atoms with van der Waals surface area (Å²) in [6, 6.07) is 19.3. The van der Waals surface area contributed by atoms with Gasteiger partial charge in [-0.2, -0.15) is 0 Å². The van der Waals surface area contributed by atoms with Crippen LogP contribution in [-0.4, -0.2) is 12.0 Å². The van der Waals surface area contributed by atoms with E-state index in [0.717, 1.165) is 10.8 Å². The normalized spacial score (nSPS) is 11.9. The summed E-state index contributed by atoms with van der Waals surface area (Å²) < 4.78 is 18.8. The molecule has 3 aromatic rings. The Morgan fingerprint density at radius 2 is 1.78 bits per heavy atom. The van der Waals surface area contributed by atoms with Crippen LogP contribution in [0.15, 0.2) is 66.7 Å². The Bertz CT molecular complexity index is 847. The maximum Gasteiger partial charge on any atom is 0.265 e. The number of nitrogens with one attached hydrogen (secondary N) is 1. The highest BCUT2D eigenvalue weighted by atomic mass is 19.1. The molecule has 1 amide bonds. The van der Waals surface area contributed by atoms with Gasteiger partial charge in [0.25, 0.3) is 5.91 Å². The maximum atomic E-state index is 13.1. The topological polar surface area (TPSA) is 38.3 Å². The van der Waals surface area contributed by atoms with E-state index >= 15 is 0 Å². The van der Waals surface area contributed by atoms with Crippen molar-refractivity contribution in [2.24, 2.45) is 0 Å². The molecule has 0 aliphatic heterocycles. The van der Waals surface area contributed by atoms with Crippen molar-refractivity contribution in [3.63, 3.8) is 0 Å². The molecule has 3 nitrogen and oxygen atoms in total. The van der Waals surface area contributed by atoms with E-state index in [1.165, 1.54) is 12.1 Å². The first-order valence-electron chi connectivity index (χ1n) is 7.34. The van der Waals surface area contributed by atoms with Crippen LogP contribution in [0.4, 0.5) is 10.1 Å². The van der Waals surface area contributed by atoms with E-state index in [4.69, 9.17) is 4.74 Å². The highest BCUT2D eigenvalue weighted by Crippen LogP contribution is 2.21. The Labute approximate surface area is 133 Å². The lowest BCUT2D eigenvalue weighted by Crippen LogP contribution is -2.30. The second-order valence-electron chi connectivity index (χ2n) is 5.27. The van der Waals surface area contributed by atoms with Crippen molar-refractivity contribution in [2.45, 2.75) is 13.0 Å². The number of carbonyl (C=O) groups excluding carboxylic acids is 1. The number of rotatable bonds is 4. The molecule has 116 valence electrons. The smallest absolute Gasteiger partial charge is 0.265 e. The highest BCUT2D eigenvalue weighted by molar-refractivity contribution is 5.94. The number of amides is 1. The quantitative estimate of drug-likeness (QED) is 0.776. The third-order valence-corrected chi connectivity index (χ3v) is 3.50. The van der Waals surface area contributed by atoms with Crippen LogP contribution in [0.25, 0.3) is 10.8 Å². The number of hydrogen-bond donors (Lipinski definition) is 1. The molecular weight excluding hydrogens is 293 g/mol. The van der Waals surface area contributed by atoms with Gasteiger partial charge in [0.15, 0.2) is 6.10 Å². The van der Waals surface area contributed by atoms with Gasteiger partial charge in [-0.05, 0) is 48.0 Å². The monoisotopic (exact) mass is 309 g/mol. The van der Waals surface area contributed by atoms with Gasteiger partial charge >= 0.3 is 0 Å². The molecule has 1 N–H and O–H groups in total. The van der Waals surface area contributed by atoms with Crippen LogP contribution in [-0.2, 0) is 4.79 Å². The minimum Gasteiger partial charge on any atom is -0.481 e. The lowest BCUT2D eigenvalue weighted by Gasteiger charge is -2.15. The summed E-state index contributed by atoms with van der Waals surface area (Å²) in [5.74, 6) is -0.111. The lowest BCUT2D eigenvalue weighted by atomic mass is 10.1. The molecule has 4 heteroatoms. The Kier molecular flexibility index (Phi) is 4.24. The molecule has 0 heterocycles. The van der Waals surface area contributed by atoms with Crippen LogP contribution in [0.2, 0.25) is 0 Å². The first-order valence-corrected chi connectivity index (χ1v) is 7.34. The second kappa shape index (κ2) is 6.48. The van der Waals surface area contributed by atoms with Gasteiger partial charge in [0, 0.05) is 5.69 Å². The molecule has 0 spiro atoms. The molecule has 0 saturated carbocycles. The SMILES string of the molecule is CC(Oc1ccc2ccccc2c1)C(=O)Nc1cccc(F)c1. The molecule has 0 fully saturated rings. The number of anilines is 1. The molecule has 0 bridgehead atoms. The Morgan fingerprint density at radius 1 is 1.00 bits per heavy atom. The minimum absolute atomic E-state index is 0.330. The van der Waals surface area contributed by atoms with Gasteiger partial charge in [-0.25, -0.2) is 4.39 Å². The van der Waals surface area contributed by atoms with Crippen LogP contribution in [0.3, 0.4) is 0 Å². The van der Waals surface area contributed by atoms with Crippen LogP contribution >= 0.6 is 0 Å². The molecule has 1 atom stereocenters. The van der Waals surface area contributed by atoms with Crippen molar-refractivity contribution in [1.29, 1.82) is 0 Å². The zero-order valence-electron chi connectivity index (χ0n) is 12.6. The van der Waals surface area contributed by atoms with E-state index in [0.29, 0.717) is 11.4 Å². The fraction of sp³-hybridized carbons (Fsp3) is 0.105. The Morgan fingerprint density at radius 3 is 2.57 bits per heavy atom. The summed E-state index contributed by atoms with van der Waals surface area (Å²) in [4.78, 5) is 12.1. The van der Waals surface area contributed by atoms with E-state index in [-0.39, 0.29) is 5.91 Å². The molecule has 3 rings (SSSR count). The van der Waals surface area contributed by atoms with Crippen molar-refractivity contribution in [3.8, 4) is 5.75 Å². The summed E-state index contributed by atoms with van der Waals surface area (Å²) >= 11 is 0. The van der Waals surface area contributed by atoms with Crippen LogP contribution in [0, 0.1) is 5.82 Å². The first kappa shape index (κ1) is 15.0. The van der Waals surface area contributed by atoms with Crippen LogP contribution < -0.4 is 10.1 Å². The lowest BCUT2D eigenvalue weighted by molar-refractivity contribution is -0.122. The van der Waals surface area contributed by atoms with E-state index in [1.807, 2.05) is 42.5 Å². The summed E-state index contributed by atoms with van der Waals surface area (Å²) in [5.41, 5.74) is 0.406. The number of carbonyl (C=O) groups is 1. The molecule has 3 aromatic carbocycles. The number of benzene rings is 3. The molecule has 0 aliphatic carbocycles. The van der Waals surface area contributed by atoms with E-state index in [9.17, 15) is 9.18 Å². The molecule has 1 unspecified atom stereocenters. The largest absolute Gasteiger partial charge is 0.481 e. The van der Waals surface area contributed by atoms with Crippen LogP contribution in [0.5, 0.6) is 5.75 Å². The van der Waals surface area contributed by atoms with Crippen molar-refractivity contribution in [2.75, 3.05) is 5.32 Å². The number of fused-ring (bicyclic) bond motifs is 1. The number of hydrogen-bond acceptors (Lipinski definition) is 2. The minimum atomic E-state index is -0.695. The zero-order valence-corrected chi connectivity index (χ0v) is 12.6. The Hall–Kier alpha value is -2.88.